The van der Waals surface area contributed by atoms with Crippen LogP contribution in [-0.4, -0.2) is 19.1 Å². The van der Waals surface area contributed by atoms with Gasteiger partial charge in [-0.05, 0) is 32.1 Å². The number of para-hydroxylation sites is 1. The Balaban J connectivity index is 2.09. The van der Waals surface area contributed by atoms with E-state index >= 15 is 0 Å². The van der Waals surface area contributed by atoms with Gasteiger partial charge in [-0.2, -0.15) is 0 Å². The van der Waals surface area contributed by atoms with Gasteiger partial charge in [0, 0.05) is 30.7 Å². The molecule has 1 aromatic rings. The Morgan fingerprint density at radius 3 is 2.59 bits per heavy atom. The van der Waals surface area contributed by atoms with Crippen LogP contribution < -0.4 is 16.0 Å². The molecule has 1 aliphatic rings. The van der Waals surface area contributed by atoms with Gasteiger partial charge >= 0.3 is 0 Å². The lowest BCUT2D eigenvalue weighted by Gasteiger charge is -2.31. The number of anilines is 1. The monoisotopic (exact) mass is 231 g/mol. The molecule has 1 aromatic carbocycles. The summed E-state index contributed by atoms with van der Waals surface area (Å²) in [4.78, 5) is 2.42. The summed E-state index contributed by atoms with van der Waals surface area (Å²) in [5.74, 6) is 1.31. The third kappa shape index (κ3) is 2.93. The Morgan fingerprint density at radius 2 is 2.06 bits per heavy atom. The zero-order valence-electron chi connectivity index (χ0n) is 10.6. The highest BCUT2D eigenvalue weighted by Crippen LogP contribution is 2.19. The van der Waals surface area contributed by atoms with Crippen LogP contribution in [0.2, 0.25) is 0 Å². The highest BCUT2D eigenvalue weighted by atomic mass is 15.2. The number of benzene rings is 1. The average Bonchev–Trinajstić information content (AvgIpc) is 2.73. The third-order valence-electron chi connectivity index (χ3n) is 3.13. The van der Waals surface area contributed by atoms with E-state index in [4.69, 9.17) is 5.73 Å². The molecule has 3 nitrogen and oxygen atoms in total. The van der Waals surface area contributed by atoms with Crippen molar-refractivity contribution < 1.29 is 0 Å². The van der Waals surface area contributed by atoms with Crippen LogP contribution in [0.3, 0.4) is 0 Å². The van der Waals surface area contributed by atoms with Crippen LogP contribution in [0.4, 0.5) is 5.69 Å². The van der Waals surface area contributed by atoms with Crippen LogP contribution in [-0.2, 0) is 0 Å². The summed E-state index contributed by atoms with van der Waals surface area (Å²) in [5.41, 5.74) is 7.03. The van der Waals surface area contributed by atoms with Crippen LogP contribution >= 0.6 is 0 Å². The minimum atomic E-state index is 0.493. The van der Waals surface area contributed by atoms with Crippen molar-refractivity contribution in [2.45, 2.75) is 19.9 Å². The number of rotatable bonds is 4. The number of nitrogens with zero attached hydrogens (tertiary/aromatic N) is 1. The topological polar surface area (TPSA) is 41.3 Å². The molecule has 0 spiro atoms. The summed E-state index contributed by atoms with van der Waals surface area (Å²) in [5, 5.41) is 3.18. The van der Waals surface area contributed by atoms with Gasteiger partial charge < -0.3 is 16.0 Å². The van der Waals surface area contributed by atoms with Gasteiger partial charge in [0.15, 0.2) is 0 Å². The Labute approximate surface area is 103 Å². The van der Waals surface area contributed by atoms with E-state index in [0.717, 1.165) is 18.9 Å². The second-order valence-corrected chi connectivity index (χ2v) is 4.84. The van der Waals surface area contributed by atoms with Crippen LogP contribution in [0.25, 0.3) is 0 Å². The van der Waals surface area contributed by atoms with Gasteiger partial charge in [0.05, 0.1) is 5.82 Å². The number of hydrogen-bond acceptors (Lipinski definition) is 3. The van der Waals surface area contributed by atoms with Crippen molar-refractivity contribution in [3.05, 3.63) is 42.2 Å². The number of nitrogens with two attached hydrogens (primary N) is 1. The molecule has 0 aliphatic carbocycles. The van der Waals surface area contributed by atoms with E-state index in [1.165, 1.54) is 5.69 Å². The molecule has 92 valence electrons. The first-order chi connectivity index (χ1) is 8.16. The smallest absolute Gasteiger partial charge is 0.0923 e. The predicted molar refractivity (Wildman–Crippen MR) is 72.7 cm³/mol. The Hall–Kier alpha value is -1.64. The summed E-state index contributed by atoms with van der Waals surface area (Å²) in [7, 11) is 0. The van der Waals surface area contributed by atoms with Gasteiger partial charge in [-0.3, -0.25) is 0 Å². The zero-order chi connectivity index (χ0) is 12.3. The molecule has 0 saturated carbocycles. The highest BCUT2D eigenvalue weighted by Gasteiger charge is 2.19. The number of nitrogens with one attached hydrogen (secondary N) is 1. The molecule has 0 unspecified atom stereocenters. The fraction of sp³-hybridized carbons (Fsp3) is 0.429. The van der Waals surface area contributed by atoms with Crippen LogP contribution in [0.15, 0.2) is 42.2 Å². The van der Waals surface area contributed by atoms with Crippen molar-refractivity contribution in [1.82, 2.24) is 5.32 Å². The molecule has 3 heteroatoms. The van der Waals surface area contributed by atoms with Crippen molar-refractivity contribution in [3.63, 3.8) is 0 Å². The van der Waals surface area contributed by atoms with Gasteiger partial charge in [0.1, 0.15) is 0 Å². The lowest BCUT2D eigenvalue weighted by atomic mass is 10.1. The summed E-state index contributed by atoms with van der Waals surface area (Å²) in [6, 6.07) is 11.0. The van der Waals surface area contributed by atoms with Crippen LogP contribution in [0, 0.1) is 5.92 Å². The zero-order valence-corrected chi connectivity index (χ0v) is 10.6. The van der Waals surface area contributed by atoms with E-state index in [-0.39, 0.29) is 0 Å². The second kappa shape index (κ2) is 5.13. The molecule has 0 radical (unpaired) electrons. The first-order valence-electron chi connectivity index (χ1n) is 6.19. The standard InChI is InChI=1S/C14H21N3/c1-11(2)17(13-6-4-3-5-7-13)10-12-8-14(15)16-9-12/h3-8,11-12,16H,9-10,15H2,1-2H3/t12-/m0/s1. The van der Waals surface area contributed by atoms with Crippen molar-refractivity contribution in [3.8, 4) is 0 Å². The van der Waals surface area contributed by atoms with Crippen molar-refractivity contribution >= 4 is 5.69 Å². The Bertz CT molecular complexity index is 384. The van der Waals surface area contributed by atoms with Crippen LogP contribution in [0.1, 0.15) is 13.8 Å². The first kappa shape index (κ1) is 11.8. The Morgan fingerprint density at radius 1 is 1.35 bits per heavy atom. The maximum atomic E-state index is 5.75. The third-order valence-corrected chi connectivity index (χ3v) is 3.13. The molecule has 0 bridgehead atoms. The molecule has 17 heavy (non-hydrogen) atoms. The summed E-state index contributed by atoms with van der Waals surface area (Å²) < 4.78 is 0. The first-order valence-corrected chi connectivity index (χ1v) is 6.19. The van der Waals surface area contributed by atoms with Gasteiger partial charge in [-0.25, -0.2) is 0 Å². The molecule has 0 amide bonds. The van der Waals surface area contributed by atoms with Crippen molar-refractivity contribution in [2.75, 3.05) is 18.0 Å². The van der Waals surface area contributed by atoms with E-state index < -0.39 is 0 Å². The average molecular weight is 231 g/mol. The van der Waals surface area contributed by atoms with E-state index in [1.54, 1.807) is 0 Å². The minimum Gasteiger partial charge on any atom is -0.386 e. The second-order valence-electron chi connectivity index (χ2n) is 4.84. The van der Waals surface area contributed by atoms with Gasteiger partial charge in [0.2, 0.25) is 0 Å². The van der Waals surface area contributed by atoms with Crippen molar-refractivity contribution in [1.29, 1.82) is 0 Å². The quantitative estimate of drug-likeness (QED) is 0.832. The minimum absolute atomic E-state index is 0.493. The molecule has 0 aromatic heterocycles. The molecule has 1 atom stereocenters. The molecule has 0 fully saturated rings. The van der Waals surface area contributed by atoms with E-state index in [0.29, 0.717) is 12.0 Å². The molecular formula is C14H21N3. The van der Waals surface area contributed by atoms with E-state index in [9.17, 15) is 0 Å². The normalized spacial score (nSPS) is 19.0. The predicted octanol–water partition coefficient (Wildman–Crippen LogP) is 1.92. The summed E-state index contributed by atoms with van der Waals surface area (Å²) in [6.45, 7) is 6.40. The molecule has 1 aliphatic heterocycles. The molecule has 3 N–H and O–H groups in total. The fourth-order valence-corrected chi connectivity index (χ4v) is 2.22. The maximum absolute atomic E-state index is 5.75. The lowest BCUT2D eigenvalue weighted by Crippen LogP contribution is -2.36. The summed E-state index contributed by atoms with van der Waals surface area (Å²) in [6.07, 6.45) is 2.12. The van der Waals surface area contributed by atoms with Gasteiger partial charge in [-0.1, -0.05) is 18.2 Å². The molecular weight excluding hydrogens is 210 g/mol. The highest BCUT2D eigenvalue weighted by molar-refractivity contribution is 5.47. The van der Waals surface area contributed by atoms with Gasteiger partial charge in [0.25, 0.3) is 0 Å². The largest absolute Gasteiger partial charge is 0.386 e. The summed E-state index contributed by atoms with van der Waals surface area (Å²) >= 11 is 0. The SMILES string of the molecule is CC(C)N(C[C@H]1C=C(N)NC1)c1ccccc1. The Kier molecular flexibility index (Phi) is 3.57. The van der Waals surface area contributed by atoms with Gasteiger partial charge in [-0.15, -0.1) is 0 Å². The lowest BCUT2D eigenvalue weighted by molar-refractivity contribution is 0.579. The number of hydrogen-bond donors (Lipinski definition) is 2. The van der Waals surface area contributed by atoms with Crippen LogP contribution in [0.5, 0.6) is 0 Å². The van der Waals surface area contributed by atoms with E-state index in [1.807, 2.05) is 0 Å². The molecule has 1 heterocycles. The van der Waals surface area contributed by atoms with Crippen molar-refractivity contribution in [2.24, 2.45) is 11.7 Å². The fourth-order valence-electron chi connectivity index (χ4n) is 2.22. The van der Waals surface area contributed by atoms with E-state index in [2.05, 4.69) is 60.5 Å². The maximum Gasteiger partial charge on any atom is 0.0923 e. The molecule has 0 saturated heterocycles. The molecule has 2 rings (SSSR count).